The predicted molar refractivity (Wildman–Crippen MR) is 376 cm³/mol. The summed E-state index contributed by atoms with van der Waals surface area (Å²) in [6, 6.07) is 88.6. The summed E-state index contributed by atoms with van der Waals surface area (Å²) in [5, 5.41) is 14.1. The SMILES string of the molecule is COc1ccccc1-c1cccc(Nc2cc(C)nc3ccccc23)c1.Cc1cc(Nc2cccc(-c3ccccc3CN3CCc4ccccc4C3)c2)c2ccccc2n1.Cc1cc(Nc2cccc(Br)c2)c2ccccc2n1.O=Bc1ccccc1C=O. The summed E-state index contributed by atoms with van der Waals surface area (Å²) >= 11 is 3.49. The summed E-state index contributed by atoms with van der Waals surface area (Å²) < 4.78 is 16.8. The number of ether oxygens (including phenoxy) is 1. The van der Waals surface area contributed by atoms with Crippen molar-refractivity contribution in [2.45, 2.75) is 40.3 Å². The van der Waals surface area contributed by atoms with Crippen LogP contribution in [0.25, 0.3) is 55.0 Å². The van der Waals surface area contributed by atoms with E-state index in [-0.39, 0.29) is 0 Å². The van der Waals surface area contributed by atoms with Gasteiger partial charge in [0.15, 0.2) is 0 Å². The third-order valence-corrected chi connectivity index (χ3v) is 16.0. The molecule has 14 rings (SSSR count). The second kappa shape index (κ2) is 29.5. The monoisotopic (exact) mass is 1240 g/mol. The number of nitrogens with one attached hydrogen (secondary N) is 3. The Morgan fingerprint density at radius 3 is 1.48 bits per heavy atom. The van der Waals surface area contributed by atoms with Crippen molar-refractivity contribution in [1.29, 1.82) is 0 Å². The molecule has 12 heteroatoms. The van der Waals surface area contributed by atoms with Crippen molar-refractivity contribution in [2.75, 3.05) is 29.6 Å². The number of para-hydroxylation sites is 4. The summed E-state index contributed by atoms with van der Waals surface area (Å²) in [6.07, 6.45) is 1.79. The molecule has 0 aliphatic carbocycles. The third-order valence-electron chi connectivity index (χ3n) is 15.5. The number of benzene rings is 10. The molecule has 10 aromatic carbocycles. The van der Waals surface area contributed by atoms with Crippen molar-refractivity contribution in [2.24, 2.45) is 0 Å². The van der Waals surface area contributed by atoms with Gasteiger partial charge in [-0.2, -0.15) is 0 Å². The van der Waals surface area contributed by atoms with Crippen molar-refractivity contribution in [3.05, 3.63) is 305 Å². The van der Waals surface area contributed by atoms with Crippen molar-refractivity contribution in [3.63, 3.8) is 0 Å². The van der Waals surface area contributed by atoms with Crippen LogP contribution in [-0.4, -0.2) is 46.9 Å². The molecule has 0 bridgehead atoms. The van der Waals surface area contributed by atoms with Gasteiger partial charge in [0.1, 0.15) is 5.75 Å². The van der Waals surface area contributed by atoms with Crippen LogP contribution in [0, 0.1) is 20.8 Å². The molecule has 13 aromatic rings. The number of halogens is 1. The Morgan fingerprint density at radius 2 is 0.944 bits per heavy atom. The molecular weight excluding hydrogens is 1170 g/mol. The van der Waals surface area contributed by atoms with E-state index in [9.17, 15) is 9.50 Å². The number of nitrogens with zero attached hydrogens (tertiary/aromatic N) is 4. The van der Waals surface area contributed by atoms with E-state index in [1.54, 1.807) is 31.4 Å². The molecule has 1 aliphatic rings. The summed E-state index contributed by atoms with van der Waals surface area (Å²) in [6.45, 7) is 9.14. The van der Waals surface area contributed by atoms with Crippen LogP contribution in [-0.2, 0) is 24.2 Å². The second-order valence-corrected chi connectivity index (χ2v) is 22.9. The number of anilines is 6. The van der Waals surface area contributed by atoms with E-state index < -0.39 is 0 Å². The molecule has 3 aromatic heterocycles. The van der Waals surface area contributed by atoms with Crippen LogP contribution in [0.5, 0.6) is 5.75 Å². The number of aromatic nitrogens is 3. The Kier molecular flexibility index (Phi) is 20.1. The fourth-order valence-corrected chi connectivity index (χ4v) is 11.7. The number of hydrogen-bond donors (Lipinski definition) is 3. The molecule has 0 unspecified atom stereocenters. The molecule has 1 aliphatic heterocycles. The molecule has 90 heavy (non-hydrogen) atoms. The van der Waals surface area contributed by atoms with E-state index in [2.05, 4.69) is 216 Å². The number of hydrogen-bond acceptors (Lipinski definition) is 10. The Balaban J connectivity index is 0.000000133. The molecule has 0 saturated carbocycles. The molecule has 0 atom stereocenters. The Hall–Kier alpha value is -10.4. The van der Waals surface area contributed by atoms with E-state index >= 15 is 0 Å². The Morgan fingerprint density at radius 1 is 0.489 bits per heavy atom. The van der Waals surface area contributed by atoms with Gasteiger partial charge in [-0.25, -0.2) is 0 Å². The summed E-state index contributed by atoms with van der Waals surface area (Å²) in [5.41, 5.74) is 22.4. The van der Waals surface area contributed by atoms with Crippen molar-refractivity contribution < 1.29 is 14.2 Å². The molecule has 0 amide bonds. The number of carbonyl (C=O) groups is 1. The molecule has 442 valence electrons. The van der Waals surface area contributed by atoms with Gasteiger partial charge in [-0.15, -0.1) is 0 Å². The van der Waals surface area contributed by atoms with Gasteiger partial charge in [0.2, 0.25) is 0 Å². The number of methoxy groups -OCH3 is 1. The van der Waals surface area contributed by atoms with Crippen LogP contribution in [0.4, 0.5) is 34.1 Å². The second-order valence-electron chi connectivity index (χ2n) is 22.0. The van der Waals surface area contributed by atoms with E-state index in [0.717, 1.165) is 131 Å². The molecule has 0 fully saturated rings. The van der Waals surface area contributed by atoms with Gasteiger partial charge in [0.25, 0.3) is 0 Å². The zero-order valence-corrected chi connectivity index (χ0v) is 52.3. The average Bonchev–Trinajstić information content (AvgIpc) is 2.29. The zero-order valence-electron chi connectivity index (χ0n) is 50.7. The molecule has 10 nitrogen and oxygen atoms in total. The van der Waals surface area contributed by atoms with Crippen LogP contribution < -0.4 is 26.2 Å². The summed E-state index contributed by atoms with van der Waals surface area (Å²) in [7, 11) is 2.37. The summed E-state index contributed by atoms with van der Waals surface area (Å²) in [4.78, 5) is 26.6. The molecule has 0 radical (unpaired) electrons. The van der Waals surface area contributed by atoms with Crippen LogP contribution in [0.3, 0.4) is 0 Å². The minimum atomic E-state index is 0.442. The van der Waals surface area contributed by atoms with Gasteiger partial charge >= 0.3 is 58.2 Å². The molecule has 4 heterocycles. The van der Waals surface area contributed by atoms with Gasteiger partial charge in [0, 0.05) is 97.0 Å². The quantitative estimate of drug-likeness (QED) is 0.0760. The van der Waals surface area contributed by atoms with E-state index in [4.69, 9.17) is 4.74 Å². The molecule has 0 spiro atoms. The maximum absolute atomic E-state index is 10.2. The standard InChI is InChI=1S/C32H29N3.C23H20N2O.C16H13BrN2.C7H5BO2/c1-23-19-32(30-15-6-7-16-31(30)33-23)34-28-13-8-12-25(20-28)29-14-5-4-11-27(29)22-35-18-17-24-9-2-3-10-26(24)21-35;1-16-14-22(20-11-3-5-12-21(20)24-16)25-18-9-7-8-17(15-18)19-10-4-6-13-23(19)26-2;1-11-9-16(14-7-2-3-8-15(14)18-11)19-13-6-4-5-12(17)10-13;9-5-6-3-1-2-4-7(6)8-10/h2-16,19-20H,17-18,21-22H2,1H3,(H,33,34);3-15H,1-2H3,(H,24,25);2-10H,1H3,(H,18,19);1-5H. The summed E-state index contributed by atoms with van der Waals surface area (Å²) in [5.74, 6) is 0.870. The molecule has 0 saturated heterocycles. The third kappa shape index (κ3) is 15.5. The van der Waals surface area contributed by atoms with Gasteiger partial charge < -0.3 is 20.7 Å². The number of aryl methyl sites for hydroxylation is 3. The molecular formula is C78H67BBrN7O3. The van der Waals surface area contributed by atoms with E-state index in [0.29, 0.717) is 24.5 Å². The maximum atomic E-state index is 10.2. The average molecular weight is 1240 g/mol. The predicted octanol–water partition coefficient (Wildman–Crippen LogP) is 18.7. The Bertz CT molecular complexity index is 4650. The van der Waals surface area contributed by atoms with Crippen LogP contribution in [0.15, 0.2) is 265 Å². The van der Waals surface area contributed by atoms with Gasteiger partial charge in [-0.1, -0.05) is 168 Å². The zero-order chi connectivity index (χ0) is 62.2. The van der Waals surface area contributed by atoms with Gasteiger partial charge in [-0.05, 0) is 146 Å². The number of aldehydes is 1. The fourth-order valence-electron chi connectivity index (χ4n) is 11.3. The van der Waals surface area contributed by atoms with Crippen molar-refractivity contribution in [1.82, 2.24) is 19.9 Å². The van der Waals surface area contributed by atoms with Crippen LogP contribution in [0.1, 0.15) is 44.1 Å². The minimum absolute atomic E-state index is 0.442. The number of fused-ring (bicyclic) bond motifs is 4. The first-order valence-corrected chi connectivity index (χ1v) is 30.7. The number of carbonyl (C=O) groups excluding carboxylic acids is 1. The molecule has 3 N–H and O–H groups in total. The van der Waals surface area contributed by atoms with Gasteiger partial charge in [0.05, 0.1) is 23.7 Å². The normalized spacial score (nSPS) is 11.5. The topological polar surface area (TPSA) is 121 Å². The first-order valence-electron chi connectivity index (χ1n) is 29.9. The first kappa shape index (κ1) is 61.3. The number of pyridine rings is 3. The van der Waals surface area contributed by atoms with Crippen molar-refractivity contribution >= 4 is 102 Å². The van der Waals surface area contributed by atoms with E-state index in [1.165, 1.54) is 27.8 Å². The van der Waals surface area contributed by atoms with E-state index in [1.807, 2.05) is 93.6 Å². The fraction of sp³-hybridized carbons (Fsp3) is 0.103. The first-order chi connectivity index (χ1) is 44.1. The number of rotatable bonds is 13. The van der Waals surface area contributed by atoms with Gasteiger partial charge in [-0.3, -0.25) is 19.9 Å². The van der Waals surface area contributed by atoms with Crippen molar-refractivity contribution in [3.8, 4) is 28.0 Å². The van der Waals surface area contributed by atoms with Crippen LogP contribution in [0.2, 0.25) is 0 Å². The Labute approximate surface area is 535 Å². The van der Waals surface area contributed by atoms with Crippen LogP contribution >= 0.6 is 15.9 Å².